The first kappa shape index (κ1) is 13.6. The molecular formula is C15H17BrN2O2. The van der Waals surface area contributed by atoms with Gasteiger partial charge in [-0.15, -0.1) is 0 Å². The summed E-state index contributed by atoms with van der Waals surface area (Å²) in [6.07, 6.45) is 2.18. The summed E-state index contributed by atoms with van der Waals surface area (Å²) in [5, 5.41) is 0. The second-order valence-corrected chi connectivity index (χ2v) is 6.30. The molecule has 0 aliphatic carbocycles. The highest BCUT2D eigenvalue weighted by atomic mass is 79.9. The average Bonchev–Trinajstić information content (AvgIpc) is 2.88. The lowest BCUT2D eigenvalue weighted by molar-refractivity contribution is -0.139. The van der Waals surface area contributed by atoms with E-state index in [1.807, 2.05) is 29.2 Å². The molecule has 0 aromatic heterocycles. The molecule has 1 atom stereocenters. The van der Waals surface area contributed by atoms with E-state index >= 15 is 0 Å². The maximum absolute atomic E-state index is 12.6. The number of halogens is 1. The van der Waals surface area contributed by atoms with Gasteiger partial charge in [0.1, 0.15) is 6.04 Å². The molecule has 0 spiro atoms. The van der Waals surface area contributed by atoms with Crippen LogP contribution in [0.2, 0.25) is 0 Å². The third-order valence-corrected chi connectivity index (χ3v) is 4.52. The van der Waals surface area contributed by atoms with Crippen LogP contribution in [0.3, 0.4) is 0 Å². The minimum absolute atomic E-state index is 0.105. The maximum Gasteiger partial charge on any atom is 0.245 e. The highest BCUT2D eigenvalue weighted by Crippen LogP contribution is 2.24. The van der Waals surface area contributed by atoms with Gasteiger partial charge in [0, 0.05) is 30.5 Å². The van der Waals surface area contributed by atoms with Crippen LogP contribution in [-0.4, -0.2) is 40.7 Å². The Hall–Kier alpha value is -1.36. The number of fused-ring (bicyclic) bond motifs is 1. The highest BCUT2D eigenvalue weighted by molar-refractivity contribution is 9.10. The van der Waals surface area contributed by atoms with Crippen LogP contribution in [0.15, 0.2) is 28.7 Å². The third-order valence-electron chi connectivity index (χ3n) is 4.03. The molecular weight excluding hydrogens is 320 g/mol. The van der Waals surface area contributed by atoms with Crippen molar-refractivity contribution in [2.24, 2.45) is 0 Å². The van der Waals surface area contributed by atoms with Crippen LogP contribution >= 0.6 is 15.9 Å². The predicted molar refractivity (Wildman–Crippen MR) is 78.9 cm³/mol. The fourth-order valence-electron chi connectivity index (χ4n) is 3.03. The van der Waals surface area contributed by atoms with Crippen molar-refractivity contribution in [2.45, 2.75) is 31.8 Å². The molecule has 106 valence electrons. The van der Waals surface area contributed by atoms with Crippen LogP contribution in [0, 0.1) is 0 Å². The van der Waals surface area contributed by atoms with Crippen LogP contribution in [0.5, 0.6) is 0 Å². The number of hydrogen-bond acceptors (Lipinski definition) is 2. The molecule has 2 aliphatic rings. The number of benzene rings is 1. The van der Waals surface area contributed by atoms with Crippen LogP contribution in [0.25, 0.3) is 0 Å². The SMILES string of the molecule is O=C1C2CCCN2C(=O)CCN1Cc1cccc(Br)c1. The summed E-state index contributed by atoms with van der Waals surface area (Å²) in [7, 11) is 0. The number of carbonyl (C=O) groups excluding carboxylic acids is 2. The van der Waals surface area contributed by atoms with E-state index in [-0.39, 0.29) is 17.9 Å². The maximum atomic E-state index is 12.6. The summed E-state index contributed by atoms with van der Waals surface area (Å²) in [6, 6.07) is 7.74. The molecule has 0 radical (unpaired) electrons. The molecule has 0 bridgehead atoms. The first-order valence-electron chi connectivity index (χ1n) is 6.98. The second kappa shape index (κ2) is 5.56. The molecule has 0 saturated carbocycles. The minimum Gasteiger partial charge on any atom is -0.336 e. The minimum atomic E-state index is -0.225. The van der Waals surface area contributed by atoms with Gasteiger partial charge in [-0.3, -0.25) is 9.59 Å². The fourth-order valence-corrected chi connectivity index (χ4v) is 3.48. The number of carbonyl (C=O) groups is 2. The standard InChI is InChI=1S/C15H17BrN2O2/c16-12-4-1-3-11(9-12)10-17-8-6-14(19)18-7-2-5-13(18)15(17)20/h1,3-4,9,13H,2,5-8,10H2. The van der Waals surface area contributed by atoms with Crippen molar-refractivity contribution in [3.05, 3.63) is 34.3 Å². The van der Waals surface area contributed by atoms with Crippen LogP contribution in [-0.2, 0) is 16.1 Å². The first-order valence-corrected chi connectivity index (χ1v) is 7.77. The summed E-state index contributed by atoms with van der Waals surface area (Å²) in [4.78, 5) is 28.2. The van der Waals surface area contributed by atoms with E-state index in [9.17, 15) is 9.59 Å². The molecule has 2 fully saturated rings. The van der Waals surface area contributed by atoms with Crippen molar-refractivity contribution in [3.8, 4) is 0 Å². The van der Waals surface area contributed by atoms with Gasteiger partial charge < -0.3 is 9.80 Å². The topological polar surface area (TPSA) is 40.6 Å². The van der Waals surface area contributed by atoms with Crippen molar-refractivity contribution in [3.63, 3.8) is 0 Å². The molecule has 2 saturated heterocycles. The van der Waals surface area contributed by atoms with Crippen molar-refractivity contribution in [2.75, 3.05) is 13.1 Å². The van der Waals surface area contributed by atoms with Crippen molar-refractivity contribution >= 4 is 27.7 Å². The number of hydrogen-bond donors (Lipinski definition) is 0. The molecule has 2 heterocycles. The Bertz CT molecular complexity index is 546. The number of nitrogens with zero attached hydrogens (tertiary/aromatic N) is 2. The van der Waals surface area contributed by atoms with E-state index < -0.39 is 0 Å². The molecule has 0 N–H and O–H groups in total. The van der Waals surface area contributed by atoms with E-state index in [2.05, 4.69) is 15.9 Å². The van der Waals surface area contributed by atoms with Crippen molar-refractivity contribution < 1.29 is 9.59 Å². The van der Waals surface area contributed by atoms with Crippen LogP contribution in [0.1, 0.15) is 24.8 Å². The third kappa shape index (κ3) is 2.59. The van der Waals surface area contributed by atoms with Gasteiger partial charge in [-0.1, -0.05) is 28.1 Å². The Morgan fingerprint density at radius 2 is 2.10 bits per heavy atom. The lowest BCUT2D eigenvalue weighted by atomic mass is 10.1. The second-order valence-electron chi connectivity index (χ2n) is 5.38. The summed E-state index contributed by atoms with van der Waals surface area (Å²) in [5.41, 5.74) is 1.09. The normalized spacial score (nSPS) is 22.9. The molecule has 20 heavy (non-hydrogen) atoms. The Kier molecular flexibility index (Phi) is 3.78. The van der Waals surface area contributed by atoms with Crippen LogP contribution in [0.4, 0.5) is 0 Å². The molecule has 2 aliphatic heterocycles. The quantitative estimate of drug-likeness (QED) is 0.830. The van der Waals surface area contributed by atoms with Gasteiger partial charge in [-0.2, -0.15) is 0 Å². The first-order chi connectivity index (χ1) is 9.65. The van der Waals surface area contributed by atoms with E-state index in [4.69, 9.17) is 0 Å². The molecule has 1 aromatic carbocycles. The molecule has 3 rings (SSSR count). The molecule has 1 aromatic rings. The summed E-state index contributed by atoms with van der Waals surface area (Å²) >= 11 is 3.45. The molecule has 4 nitrogen and oxygen atoms in total. The van der Waals surface area contributed by atoms with Gasteiger partial charge in [-0.05, 0) is 30.5 Å². The summed E-state index contributed by atoms with van der Waals surface area (Å²) < 4.78 is 1.01. The Labute approximate surface area is 126 Å². The number of rotatable bonds is 2. The van der Waals surface area contributed by atoms with E-state index in [0.29, 0.717) is 19.5 Å². The zero-order chi connectivity index (χ0) is 14.1. The van der Waals surface area contributed by atoms with Crippen molar-refractivity contribution in [1.82, 2.24) is 9.80 Å². The van der Waals surface area contributed by atoms with Crippen molar-refractivity contribution in [1.29, 1.82) is 0 Å². The fraction of sp³-hybridized carbons (Fsp3) is 0.467. The van der Waals surface area contributed by atoms with E-state index in [0.717, 1.165) is 29.4 Å². The Morgan fingerprint density at radius 1 is 1.25 bits per heavy atom. The largest absolute Gasteiger partial charge is 0.336 e. The van der Waals surface area contributed by atoms with E-state index in [1.165, 1.54) is 0 Å². The summed E-state index contributed by atoms with van der Waals surface area (Å²) in [5.74, 6) is 0.228. The summed E-state index contributed by atoms with van der Waals surface area (Å²) in [6.45, 7) is 1.84. The van der Waals surface area contributed by atoms with Gasteiger partial charge in [0.15, 0.2) is 0 Å². The Morgan fingerprint density at radius 3 is 2.90 bits per heavy atom. The molecule has 1 unspecified atom stereocenters. The lowest BCUT2D eigenvalue weighted by Crippen LogP contribution is -2.43. The van der Waals surface area contributed by atoms with Gasteiger partial charge in [-0.25, -0.2) is 0 Å². The molecule has 5 heteroatoms. The van der Waals surface area contributed by atoms with Gasteiger partial charge in [0.25, 0.3) is 0 Å². The zero-order valence-electron chi connectivity index (χ0n) is 11.2. The van der Waals surface area contributed by atoms with Crippen LogP contribution < -0.4 is 0 Å². The van der Waals surface area contributed by atoms with E-state index in [1.54, 1.807) is 4.90 Å². The smallest absolute Gasteiger partial charge is 0.245 e. The van der Waals surface area contributed by atoms with Gasteiger partial charge in [0.2, 0.25) is 11.8 Å². The van der Waals surface area contributed by atoms with Gasteiger partial charge in [0.05, 0.1) is 0 Å². The average molecular weight is 337 g/mol. The Balaban J connectivity index is 1.79. The highest BCUT2D eigenvalue weighted by Gasteiger charge is 2.39. The monoisotopic (exact) mass is 336 g/mol. The van der Waals surface area contributed by atoms with Gasteiger partial charge >= 0.3 is 0 Å². The molecule has 2 amide bonds. The number of amides is 2. The zero-order valence-corrected chi connectivity index (χ0v) is 12.8. The lowest BCUT2D eigenvalue weighted by Gasteiger charge is -2.25. The predicted octanol–water partition coefficient (Wildman–Crippen LogP) is 2.17.